The van der Waals surface area contributed by atoms with Gasteiger partial charge in [-0.05, 0) is 36.6 Å². The fraction of sp³-hybridized carbons (Fsp3) is 0.348. The van der Waals surface area contributed by atoms with E-state index in [2.05, 4.69) is 5.32 Å². The lowest BCUT2D eigenvalue weighted by Crippen LogP contribution is -2.59. The molecule has 0 bridgehead atoms. The Morgan fingerprint density at radius 3 is 2.52 bits per heavy atom. The lowest BCUT2D eigenvalue weighted by molar-refractivity contribution is -0.133. The summed E-state index contributed by atoms with van der Waals surface area (Å²) in [7, 11) is 3.04. The molecule has 2 heterocycles. The second-order valence-corrected chi connectivity index (χ2v) is 7.79. The molecule has 4 amide bonds. The number of likely N-dealkylation sites (tertiary alicyclic amines) is 1. The summed E-state index contributed by atoms with van der Waals surface area (Å²) in [4.78, 5) is 41.9. The smallest absolute Gasteiger partial charge is 0.325 e. The summed E-state index contributed by atoms with van der Waals surface area (Å²) in [5.74, 6) is 0.484. The number of piperidine rings is 1. The summed E-state index contributed by atoms with van der Waals surface area (Å²) in [5.41, 5.74) is 0.223. The molecule has 8 heteroatoms. The van der Waals surface area contributed by atoms with Crippen LogP contribution in [0.3, 0.4) is 0 Å². The lowest BCUT2D eigenvalue weighted by atomic mass is 9.88. The van der Waals surface area contributed by atoms with Gasteiger partial charge in [0.2, 0.25) is 0 Å². The normalized spacial score (nSPS) is 20.7. The number of nitrogens with zero attached hydrogens (tertiary/aromatic N) is 2. The molecule has 2 fully saturated rings. The Labute approximate surface area is 180 Å². The summed E-state index contributed by atoms with van der Waals surface area (Å²) in [5, 5.41) is 2.87. The molecular weight excluding hydrogens is 398 g/mol. The first kappa shape index (κ1) is 20.7. The zero-order chi connectivity index (χ0) is 22.0. The van der Waals surface area contributed by atoms with Crippen molar-refractivity contribution in [1.82, 2.24) is 15.1 Å². The monoisotopic (exact) mass is 423 g/mol. The van der Waals surface area contributed by atoms with E-state index < -0.39 is 11.6 Å². The predicted octanol–water partition coefficient (Wildman–Crippen LogP) is 2.43. The second kappa shape index (κ2) is 8.29. The van der Waals surface area contributed by atoms with Crippen LogP contribution in [-0.4, -0.2) is 60.5 Å². The van der Waals surface area contributed by atoms with Crippen LogP contribution < -0.4 is 14.8 Å². The van der Waals surface area contributed by atoms with Crippen molar-refractivity contribution in [1.29, 1.82) is 0 Å². The van der Waals surface area contributed by atoms with E-state index in [9.17, 15) is 14.4 Å². The quantitative estimate of drug-likeness (QED) is 0.747. The van der Waals surface area contributed by atoms with Crippen molar-refractivity contribution in [3.63, 3.8) is 0 Å². The molecule has 1 atom stereocenters. The van der Waals surface area contributed by atoms with Crippen LogP contribution in [0.15, 0.2) is 48.5 Å². The number of ether oxygens (including phenoxy) is 2. The molecule has 162 valence electrons. The molecule has 2 aliphatic rings. The summed E-state index contributed by atoms with van der Waals surface area (Å²) in [6, 6.07) is 13.9. The number of methoxy groups -OCH3 is 2. The number of hydrogen-bond acceptors (Lipinski definition) is 5. The van der Waals surface area contributed by atoms with Crippen LogP contribution in [0.25, 0.3) is 0 Å². The fourth-order valence-electron chi connectivity index (χ4n) is 4.24. The van der Waals surface area contributed by atoms with Crippen LogP contribution in [0.5, 0.6) is 11.5 Å². The Kier molecular flexibility index (Phi) is 5.54. The van der Waals surface area contributed by atoms with Gasteiger partial charge < -0.3 is 19.7 Å². The highest BCUT2D eigenvalue weighted by atomic mass is 16.5. The number of benzene rings is 2. The van der Waals surface area contributed by atoms with Crippen molar-refractivity contribution >= 4 is 17.8 Å². The van der Waals surface area contributed by atoms with Crippen molar-refractivity contribution in [2.75, 3.05) is 27.3 Å². The third-order valence-electron chi connectivity index (χ3n) is 5.84. The van der Waals surface area contributed by atoms with Gasteiger partial charge in [0.05, 0.1) is 27.3 Å². The highest BCUT2D eigenvalue weighted by Crippen LogP contribution is 2.32. The number of carbonyl (C=O) groups excluding carboxylic acids is 3. The molecule has 2 saturated heterocycles. The van der Waals surface area contributed by atoms with E-state index in [0.29, 0.717) is 36.4 Å². The van der Waals surface area contributed by atoms with E-state index >= 15 is 0 Å². The fourth-order valence-corrected chi connectivity index (χ4v) is 4.24. The SMILES string of the molecule is COc1ccc(C(=O)N2CCC[C@@]3(C2)NC(=O)N(Cc2ccccc2)C3=O)cc1OC. The van der Waals surface area contributed by atoms with Crippen LogP contribution >= 0.6 is 0 Å². The van der Waals surface area contributed by atoms with Crippen molar-refractivity contribution in [3.8, 4) is 11.5 Å². The second-order valence-electron chi connectivity index (χ2n) is 7.79. The highest BCUT2D eigenvalue weighted by Gasteiger charge is 2.53. The van der Waals surface area contributed by atoms with Gasteiger partial charge in [-0.2, -0.15) is 0 Å². The minimum Gasteiger partial charge on any atom is -0.493 e. The van der Waals surface area contributed by atoms with Crippen LogP contribution in [0.4, 0.5) is 4.79 Å². The first-order valence-corrected chi connectivity index (χ1v) is 10.2. The average Bonchev–Trinajstić information content (AvgIpc) is 3.02. The predicted molar refractivity (Wildman–Crippen MR) is 113 cm³/mol. The maximum atomic E-state index is 13.3. The molecular formula is C23H25N3O5. The van der Waals surface area contributed by atoms with Gasteiger partial charge in [-0.1, -0.05) is 30.3 Å². The van der Waals surface area contributed by atoms with Crippen LogP contribution in [0.1, 0.15) is 28.8 Å². The van der Waals surface area contributed by atoms with E-state index in [1.54, 1.807) is 23.1 Å². The topological polar surface area (TPSA) is 88.2 Å². The molecule has 2 aromatic rings. The van der Waals surface area contributed by atoms with Gasteiger partial charge in [0, 0.05) is 12.1 Å². The molecule has 0 saturated carbocycles. The summed E-state index contributed by atoms with van der Waals surface area (Å²) in [6.45, 7) is 0.851. The molecule has 8 nitrogen and oxygen atoms in total. The van der Waals surface area contributed by atoms with Gasteiger partial charge in [-0.25, -0.2) is 4.79 Å². The van der Waals surface area contributed by atoms with Crippen molar-refractivity contribution in [2.24, 2.45) is 0 Å². The number of amides is 4. The van der Waals surface area contributed by atoms with Crippen molar-refractivity contribution in [3.05, 3.63) is 59.7 Å². The Morgan fingerprint density at radius 2 is 1.81 bits per heavy atom. The van der Waals surface area contributed by atoms with Crippen LogP contribution in [0, 0.1) is 0 Å². The number of carbonyl (C=O) groups is 3. The Morgan fingerprint density at radius 1 is 1.06 bits per heavy atom. The Hall–Kier alpha value is -3.55. The Bertz CT molecular complexity index is 1010. The van der Waals surface area contributed by atoms with Gasteiger partial charge in [0.25, 0.3) is 11.8 Å². The van der Waals surface area contributed by atoms with Crippen molar-refractivity contribution < 1.29 is 23.9 Å². The van der Waals surface area contributed by atoms with E-state index in [0.717, 1.165) is 5.56 Å². The Balaban J connectivity index is 1.53. The van der Waals surface area contributed by atoms with Crippen molar-refractivity contribution in [2.45, 2.75) is 24.9 Å². The van der Waals surface area contributed by atoms with Gasteiger partial charge >= 0.3 is 6.03 Å². The maximum Gasteiger partial charge on any atom is 0.325 e. The zero-order valence-corrected chi connectivity index (χ0v) is 17.6. The van der Waals surface area contributed by atoms with Gasteiger partial charge in [-0.15, -0.1) is 0 Å². The molecule has 1 N–H and O–H groups in total. The number of nitrogens with one attached hydrogen (secondary N) is 1. The number of imide groups is 1. The molecule has 0 aromatic heterocycles. The summed E-state index contributed by atoms with van der Waals surface area (Å²) >= 11 is 0. The number of rotatable bonds is 5. The van der Waals surface area contributed by atoms with E-state index in [4.69, 9.17) is 9.47 Å². The number of urea groups is 1. The maximum absolute atomic E-state index is 13.3. The van der Waals surface area contributed by atoms with Gasteiger partial charge in [-0.3, -0.25) is 14.5 Å². The minimum atomic E-state index is -1.09. The van der Waals surface area contributed by atoms with Gasteiger partial charge in [0.1, 0.15) is 5.54 Å². The standard InChI is InChI=1S/C23H25N3O5/c1-30-18-10-9-17(13-19(18)31-2)20(27)25-12-6-11-23(15-25)21(28)26(22(29)24-23)14-16-7-4-3-5-8-16/h3-5,7-10,13H,6,11-12,14-15H2,1-2H3,(H,24,29)/t23-/m0/s1. The van der Waals surface area contributed by atoms with Crippen LogP contribution in [-0.2, 0) is 11.3 Å². The third-order valence-corrected chi connectivity index (χ3v) is 5.84. The third kappa shape index (κ3) is 3.81. The van der Waals surface area contributed by atoms with Crippen LogP contribution in [0.2, 0.25) is 0 Å². The van der Waals surface area contributed by atoms with Gasteiger partial charge in [0.15, 0.2) is 11.5 Å². The first-order chi connectivity index (χ1) is 15.0. The highest BCUT2D eigenvalue weighted by molar-refractivity contribution is 6.07. The van der Waals surface area contributed by atoms with E-state index in [1.807, 2.05) is 30.3 Å². The molecule has 2 aromatic carbocycles. The van der Waals surface area contributed by atoms with E-state index in [1.165, 1.54) is 19.1 Å². The first-order valence-electron chi connectivity index (χ1n) is 10.2. The average molecular weight is 423 g/mol. The molecule has 4 rings (SSSR count). The molecule has 0 unspecified atom stereocenters. The summed E-state index contributed by atoms with van der Waals surface area (Å²) < 4.78 is 10.5. The zero-order valence-electron chi connectivity index (χ0n) is 17.6. The lowest BCUT2D eigenvalue weighted by Gasteiger charge is -2.38. The molecule has 0 radical (unpaired) electrons. The number of hydrogen-bond donors (Lipinski definition) is 1. The molecule has 2 aliphatic heterocycles. The van der Waals surface area contributed by atoms with E-state index in [-0.39, 0.29) is 24.9 Å². The largest absolute Gasteiger partial charge is 0.493 e. The molecule has 31 heavy (non-hydrogen) atoms. The summed E-state index contributed by atoms with van der Waals surface area (Å²) in [6.07, 6.45) is 1.11. The minimum absolute atomic E-state index is 0.135. The molecule has 1 spiro atoms. The molecule has 0 aliphatic carbocycles.